The molecule has 0 fully saturated rings. The van der Waals surface area contributed by atoms with Gasteiger partial charge in [-0.15, -0.1) is 0 Å². The fourth-order valence-corrected chi connectivity index (χ4v) is 9.72. The maximum absolute atomic E-state index is 11.5. The monoisotopic (exact) mass is 804 g/mol. The van der Waals surface area contributed by atoms with E-state index in [0.717, 1.165) is 66.2 Å². The van der Waals surface area contributed by atoms with Crippen LogP contribution in [0.3, 0.4) is 0 Å². The smallest absolute Gasteiger partial charge is 0.265 e. The second-order valence-electron chi connectivity index (χ2n) is 12.1. The van der Waals surface area contributed by atoms with Crippen LogP contribution in [0.5, 0.6) is 0 Å². The predicted molar refractivity (Wildman–Crippen MR) is 210 cm³/mol. The van der Waals surface area contributed by atoms with E-state index in [1.165, 1.54) is 0 Å². The van der Waals surface area contributed by atoms with E-state index in [4.69, 9.17) is 23.2 Å². The van der Waals surface area contributed by atoms with Crippen molar-refractivity contribution < 1.29 is 30.5 Å². The van der Waals surface area contributed by atoms with E-state index in [9.17, 15) is 25.9 Å². The quantitative estimate of drug-likeness (QED) is 0.101. The molecule has 1 aliphatic carbocycles. The lowest BCUT2D eigenvalue weighted by Crippen LogP contribution is -2.36. The summed E-state index contributed by atoms with van der Waals surface area (Å²) in [5.74, 6) is -0.674. The molecular formula is C36H36Cl2N3O6S4+. The molecule has 0 bridgehead atoms. The molecule has 0 atom stereocenters. The number of thioether (sulfide) groups is 1. The van der Waals surface area contributed by atoms with Crippen molar-refractivity contribution in [2.24, 2.45) is 0 Å². The summed E-state index contributed by atoms with van der Waals surface area (Å²) in [5, 5.41) is 3.01. The number of rotatable bonds is 13. The van der Waals surface area contributed by atoms with Crippen molar-refractivity contribution in [1.82, 2.24) is 0 Å². The summed E-state index contributed by atoms with van der Waals surface area (Å²) in [7, 11) is -6.14. The van der Waals surface area contributed by atoms with Crippen LogP contribution in [0.15, 0.2) is 112 Å². The lowest BCUT2D eigenvalue weighted by molar-refractivity contribution is -0.668. The molecule has 4 aromatic rings. The molecular weight excluding hydrogens is 770 g/mol. The Bertz CT molecular complexity index is 2300. The molecule has 2 N–H and O–H groups in total. The minimum atomic E-state index is -4.09. The molecule has 0 radical (unpaired) electrons. The van der Waals surface area contributed by atoms with Crippen molar-refractivity contribution in [3.63, 3.8) is 0 Å². The first-order valence-corrected chi connectivity index (χ1v) is 21.7. The SMILES string of the molecule is CN(C1=C(/C=C/c2sc3ccc(Cl)cc3[n+]2CCCS(=O)(=O)O)CC/C1=C\C=C1\Sc2ccc(Cl)cc2N1CCCS(=O)(=O)O)c1ccccc1. The number of hydrogen-bond donors (Lipinski definition) is 2. The number of likely N-dealkylation sites (N-methyl/N-ethyl adjacent to an activating group) is 1. The maximum atomic E-state index is 11.5. The Balaban J connectivity index is 1.37. The molecule has 15 heteroatoms. The van der Waals surface area contributed by atoms with E-state index in [-0.39, 0.29) is 24.3 Å². The van der Waals surface area contributed by atoms with Crippen LogP contribution in [0.25, 0.3) is 16.3 Å². The summed E-state index contributed by atoms with van der Waals surface area (Å²) < 4.78 is 67.6. The molecule has 1 aliphatic heterocycles. The van der Waals surface area contributed by atoms with Gasteiger partial charge in [-0.1, -0.05) is 70.6 Å². The first-order chi connectivity index (χ1) is 24.3. The first kappa shape index (κ1) is 37.6. The molecule has 51 heavy (non-hydrogen) atoms. The lowest BCUT2D eigenvalue weighted by atomic mass is 10.1. The third-order valence-corrected chi connectivity index (χ3v) is 12.9. The van der Waals surface area contributed by atoms with Gasteiger partial charge in [0.15, 0.2) is 6.54 Å². The van der Waals surface area contributed by atoms with E-state index in [1.54, 1.807) is 23.1 Å². The van der Waals surface area contributed by atoms with E-state index in [2.05, 4.69) is 41.3 Å². The Morgan fingerprint density at radius 2 is 1.59 bits per heavy atom. The van der Waals surface area contributed by atoms with Crippen LogP contribution in [-0.2, 0) is 26.8 Å². The summed E-state index contributed by atoms with van der Waals surface area (Å²) in [6.45, 7) is 0.778. The largest absolute Gasteiger partial charge is 0.344 e. The molecule has 0 saturated carbocycles. The van der Waals surface area contributed by atoms with Gasteiger partial charge in [-0.2, -0.15) is 21.4 Å². The highest BCUT2D eigenvalue weighted by molar-refractivity contribution is 8.03. The normalized spacial score (nSPS) is 16.8. The molecule has 268 valence electrons. The molecule has 2 aliphatic rings. The highest BCUT2D eigenvalue weighted by atomic mass is 35.5. The lowest BCUT2D eigenvalue weighted by Gasteiger charge is -2.23. The number of nitrogens with zero attached hydrogens (tertiary/aromatic N) is 3. The van der Waals surface area contributed by atoms with Crippen LogP contribution in [0.2, 0.25) is 10.0 Å². The van der Waals surface area contributed by atoms with Gasteiger partial charge in [0.25, 0.3) is 25.2 Å². The molecule has 1 aromatic heterocycles. The topological polar surface area (TPSA) is 119 Å². The fraction of sp³-hybridized carbons (Fsp3) is 0.250. The summed E-state index contributed by atoms with van der Waals surface area (Å²) in [6.07, 6.45) is 10.4. The molecule has 0 amide bonds. The van der Waals surface area contributed by atoms with Gasteiger partial charge in [-0.05, 0) is 85.0 Å². The highest BCUT2D eigenvalue weighted by Gasteiger charge is 2.27. The third-order valence-electron chi connectivity index (χ3n) is 8.56. The summed E-state index contributed by atoms with van der Waals surface area (Å²) >= 11 is 15.9. The van der Waals surface area contributed by atoms with E-state index < -0.39 is 20.2 Å². The predicted octanol–water partition coefficient (Wildman–Crippen LogP) is 8.63. The number of benzene rings is 3. The van der Waals surface area contributed by atoms with Gasteiger partial charge in [0.2, 0.25) is 5.52 Å². The minimum absolute atomic E-state index is 0.246. The zero-order chi connectivity index (χ0) is 36.3. The van der Waals surface area contributed by atoms with Crippen LogP contribution in [0.1, 0.15) is 30.7 Å². The summed E-state index contributed by atoms with van der Waals surface area (Å²) in [6, 6.07) is 21.4. The molecule has 6 rings (SSSR count). The number of aromatic nitrogens is 1. The summed E-state index contributed by atoms with van der Waals surface area (Å²) in [5.41, 5.74) is 6.15. The first-order valence-electron chi connectivity index (χ1n) is 16.1. The van der Waals surface area contributed by atoms with Crippen LogP contribution in [0, 0.1) is 0 Å². The zero-order valence-electron chi connectivity index (χ0n) is 27.6. The van der Waals surface area contributed by atoms with Crippen LogP contribution < -0.4 is 14.4 Å². The number of halogens is 2. The second-order valence-corrected chi connectivity index (χ2v) is 18.3. The number of hydrogen-bond acceptors (Lipinski definition) is 8. The standard InChI is InChI=1S/C36H35Cl2N3O6S4/c1-39(29-7-3-2-4-8-29)36-25(11-17-34-40(19-5-21-50(42,43)44)30-23-27(37)13-15-32(30)48-34)9-10-26(36)12-18-35-41(20-6-22-51(45,46)47)31-24-28(38)14-16-33(31)49-35/h2-4,7-8,11-18,23-24H,5-6,9-10,19-22H2,1H3,(H-,42,43,44,45,46,47)/p+1. The van der Waals surface area contributed by atoms with Gasteiger partial charge in [0.1, 0.15) is 4.70 Å². The third kappa shape index (κ3) is 9.46. The molecule has 9 nitrogen and oxygen atoms in total. The zero-order valence-corrected chi connectivity index (χ0v) is 32.4. The Morgan fingerprint density at radius 3 is 2.33 bits per heavy atom. The van der Waals surface area contributed by atoms with Gasteiger partial charge in [0, 0.05) is 58.5 Å². The average molecular weight is 806 g/mol. The van der Waals surface area contributed by atoms with Crippen molar-refractivity contribution in [2.45, 2.75) is 37.1 Å². The number of fused-ring (bicyclic) bond motifs is 2. The van der Waals surface area contributed by atoms with Crippen molar-refractivity contribution in [1.29, 1.82) is 0 Å². The summed E-state index contributed by atoms with van der Waals surface area (Å²) in [4.78, 5) is 5.24. The van der Waals surface area contributed by atoms with Gasteiger partial charge in [0.05, 0.1) is 22.2 Å². The molecule has 0 unspecified atom stereocenters. The van der Waals surface area contributed by atoms with Crippen molar-refractivity contribution >= 4 is 94.2 Å². The average Bonchev–Trinajstić information content (AvgIpc) is 3.74. The van der Waals surface area contributed by atoms with Crippen LogP contribution >= 0.6 is 46.3 Å². The minimum Gasteiger partial charge on any atom is -0.344 e. The number of aryl methyl sites for hydroxylation is 1. The number of anilines is 2. The fourth-order valence-electron chi connectivity index (χ4n) is 6.26. The van der Waals surface area contributed by atoms with E-state index in [0.29, 0.717) is 23.1 Å². The van der Waals surface area contributed by atoms with Gasteiger partial charge in [-0.25, -0.2) is 0 Å². The number of para-hydroxylation sites is 1. The Hall–Kier alpha value is -3.14. The van der Waals surface area contributed by atoms with Gasteiger partial charge < -0.3 is 9.80 Å². The highest BCUT2D eigenvalue weighted by Crippen LogP contribution is 2.47. The molecule has 0 spiro atoms. The second kappa shape index (κ2) is 15.8. The Kier molecular flexibility index (Phi) is 11.7. The molecule has 3 aromatic carbocycles. The van der Waals surface area contributed by atoms with E-state index >= 15 is 0 Å². The van der Waals surface area contributed by atoms with Crippen LogP contribution in [0.4, 0.5) is 11.4 Å². The van der Waals surface area contributed by atoms with Crippen LogP contribution in [-0.4, -0.2) is 51.0 Å². The number of allylic oxidation sites excluding steroid dienone is 5. The van der Waals surface area contributed by atoms with Gasteiger partial charge in [-0.3, -0.25) is 9.11 Å². The molecule has 2 heterocycles. The Morgan fingerprint density at radius 1 is 0.882 bits per heavy atom. The maximum Gasteiger partial charge on any atom is 0.265 e. The van der Waals surface area contributed by atoms with Crippen molar-refractivity contribution in [3.8, 4) is 0 Å². The molecule has 0 saturated heterocycles. The van der Waals surface area contributed by atoms with E-state index in [1.807, 2.05) is 71.1 Å². The Labute approximate surface area is 316 Å². The number of thiazole rings is 1. The van der Waals surface area contributed by atoms with Gasteiger partial charge >= 0.3 is 0 Å². The van der Waals surface area contributed by atoms with Crippen molar-refractivity contribution in [3.05, 3.63) is 122 Å². The van der Waals surface area contributed by atoms with Crippen molar-refractivity contribution in [2.75, 3.05) is 34.9 Å².